The smallest absolute Gasteiger partial charge is 0.107 e. The third-order valence-electron chi connectivity index (χ3n) is 4.99. The molecule has 0 spiro atoms. The van der Waals surface area contributed by atoms with Gasteiger partial charge in [-0.05, 0) is 45.4 Å². The van der Waals surface area contributed by atoms with Gasteiger partial charge in [-0.15, -0.1) is 11.3 Å². The normalized spacial score (nSPS) is 30.9. The lowest BCUT2D eigenvalue weighted by atomic mass is 9.73. The van der Waals surface area contributed by atoms with Crippen molar-refractivity contribution < 1.29 is 0 Å². The lowest BCUT2D eigenvalue weighted by Crippen LogP contribution is -2.58. The predicted octanol–water partition coefficient (Wildman–Crippen LogP) is 3.05. The SMILES string of the molecule is Cc1csc(CNC2C3CCCC2CN(C(C)C)C3)n1. The van der Waals surface area contributed by atoms with E-state index in [1.165, 1.54) is 37.4 Å². The van der Waals surface area contributed by atoms with Gasteiger partial charge in [0.05, 0.1) is 0 Å². The van der Waals surface area contributed by atoms with Crippen molar-refractivity contribution in [3.05, 3.63) is 16.1 Å². The second-order valence-corrected chi connectivity index (χ2v) is 7.73. The molecule has 1 aromatic heterocycles. The van der Waals surface area contributed by atoms with Crippen molar-refractivity contribution in [1.29, 1.82) is 0 Å². The molecule has 0 aromatic carbocycles. The molecule has 3 nitrogen and oxygen atoms in total. The molecule has 1 saturated heterocycles. The number of hydrogen-bond acceptors (Lipinski definition) is 4. The summed E-state index contributed by atoms with van der Waals surface area (Å²) in [7, 11) is 0. The summed E-state index contributed by atoms with van der Waals surface area (Å²) < 4.78 is 0. The van der Waals surface area contributed by atoms with E-state index in [9.17, 15) is 0 Å². The molecule has 1 aromatic rings. The van der Waals surface area contributed by atoms with Crippen LogP contribution in [0.15, 0.2) is 5.38 Å². The number of fused-ring (bicyclic) bond motifs is 2. The van der Waals surface area contributed by atoms with Gasteiger partial charge in [0.25, 0.3) is 0 Å². The maximum absolute atomic E-state index is 4.58. The number of aryl methyl sites for hydroxylation is 1. The van der Waals surface area contributed by atoms with Gasteiger partial charge in [0.15, 0.2) is 0 Å². The quantitative estimate of drug-likeness (QED) is 0.925. The van der Waals surface area contributed by atoms with Gasteiger partial charge < -0.3 is 10.2 Å². The van der Waals surface area contributed by atoms with E-state index < -0.39 is 0 Å². The Morgan fingerprint density at radius 3 is 2.60 bits per heavy atom. The zero-order chi connectivity index (χ0) is 14.1. The second-order valence-electron chi connectivity index (χ2n) is 6.79. The van der Waals surface area contributed by atoms with E-state index in [4.69, 9.17) is 0 Å². The Labute approximate surface area is 126 Å². The Hall–Kier alpha value is -0.450. The van der Waals surface area contributed by atoms with Gasteiger partial charge in [-0.3, -0.25) is 0 Å². The second kappa shape index (κ2) is 6.12. The fourth-order valence-corrected chi connectivity index (χ4v) is 4.64. The summed E-state index contributed by atoms with van der Waals surface area (Å²) in [6.07, 6.45) is 4.22. The molecule has 2 atom stereocenters. The van der Waals surface area contributed by atoms with Crippen molar-refractivity contribution in [1.82, 2.24) is 15.2 Å². The van der Waals surface area contributed by atoms with E-state index in [-0.39, 0.29) is 0 Å². The maximum Gasteiger partial charge on any atom is 0.107 e. The largest absolute Gasteiger partial charge is 0.307 e. The van der Waals surface area contributed by atoms with E-state index >= 15 is 0 Å². The molecule has 4 heteroatoms. The van der Waals surface area contributed by atoms with Gasteiger partial charge in [0, 0.05) is 42.8 Å². The minimum absolute atomic E-state index is 0.695. The number of nitrogens with zero attached hydrogens (tertiary/aromatic N) is 2. The van der Waals surface area contributed by atoms with Crippen LogP contribution in [0, 0.1) is 18.8 Å². The molecule has 0 amide bonds. The van der Waals surface area contributed by atoms with Crippen molar-refractivity contribution in [2.75, 3.05) is 13.1 Å². The Balaban J connectivity index is 1.61. The first-order valence-corrected chi connectivity index (χ1v) is 8.90. The van der Waals surface area contributed by atoms with Crippen LogP contribution in [-0.4, -0.2) is 35.1 Å². The van der Waals surface area contributed by atoms with Gasteiger partial charge in [-0.25, -0.2) is 4.98 Å². The van der Waals surface area contributed by atoms with Crippen molar-refractivity contribution in [2.45, 2.75) is 58.7 Å². The maximum atomic E-state index is 4.58. The summed E-state index contributed by atoms with van der Waals surface area (Å²) in [6, 6.07) is 1.41. The molecule has 20 heavy (non-hydrogen) atoms. The van der Waals surface area contributed by atoms with E-state index in [1.54, 1.807) is 11.3 Å². The van der Waals surface area contributed by atoms with Crippen LogP contribution in [0.1, 0.15) is 43.8 Å². The first-order chi connectivity index (χ1) is 9.63. The highest BCUT2D eigenvalue weighted by molar-refractivity contribution is 7.09. The van der Waals surface area contributed by atoms with Crippen LogP contribution < -0.4 is 5.32 Å². The van der Waals surface area contributed by atoms with E-state index in [0.717, 1.165) is 24.1 Å². The molecular formula is C16H27N3S. The highest BCUT2D eigenvalue weighted by atomic mass is 32.1. The van der Waals surface area contributed by atoms with Gasteiger partial charge in [0.2, 0.25) is 0 Å². The summed E-state index contributed by atoms with van der Waals surface area (Å²) in [5, 5.41) is 7.23. The number of thiazole rings is 1. The number of rotatable bonds is 4. The third-order valence-corrected chi connectivity index (χ3v) is 5.96. The molecule has 2 bridgehead atoms. The molecule has 1 saturated carbocycles. The number of nitrogens with one attached hydrogen (secondary N) is 1. The fourth-order valence-electron chi connectivity index (χ4n) is 3.92. The first-order valence-electron chi connectivity index (χ1n) is 8.02. The predicted molar refractivity (Wildman–Crippen MR) is 85.0 cm³/mol. The fraction of sp³-hybridized carbons (Fsp3) is 0.812. The molecule has 1 aliphatic carbocycles. The molecule has 2 aliphatic rings. The summed E-state index contributed by atoms with van der Waals surface area (Å²) in [6.45, 7) is 10.3. The Kier molecular flexibility index (Phi) is 4.43. The summed E-state index contributed by atoms with van der Waals surface area (Å²) in [5.41, 5.74) is 1.15. The van der Waals surface area contributed by atoms with E-state index in [1.807, 2.05) is 0 Å². The molecule has 2 fully saturated rings. The molecule has 0 radical (unpaired) electrons. The standard InChI is InChI=1S/C16H27N3S/c1-11(2)19-8-13-5-4-6-14(9-19)16(13)17-7-15-18-12(3)10-20-15/h10-11,13-14,16-17H,4-9H2,1-3H3. The molecule has 2 heterocycles. The third kappa shape index (κ3) is 3.07. The average Bonchev–Trinajstić information content (AvgIpc) is 2.81. The summed E-state index contributed by atoms with van der Waals surface area (Å²) in [5.74, 6) is 1.68. The van der Waals surface area contributed by atoms with Crippen LogP contribution in [0.25, 0.3) is 0 Å². The molecule has 1 N–H and O–H groups in total. The van der Waals surface area contributed by atoms with Gasteiger partial charge in [-0.2, -0.15) is 0 Å². The van der Waals surface area contributed by atoms with Crippen LogP contribution >= 0.6 is 11.3 Å². The number of hydrogen-bond donors (Lipinski definition) is 1. The van der Waals surface area contributed by atoms with Crippen molar-refractivity contribution in [3.8, 4) is 0 Å². The molecule has 2 unspecified atom stereocenters. The minimum atomic E-state index is 0.695. The van der Waals surface area contributed by atoms with Gasteiger partial charge >= 0.3 is 0 Å². The molecule has 112 valence electrons. The lowest BCUT2D eigenvalue weighted by molar-refractivity contribution is 0.0290. The summed E-state index contributed by atoms with van der Waals surface area (Å²) >= 11 is 1.79. The Morgan fingerprint density at radius 1 is 1.35 bits per heavy atom. The highest BCUT2D eigenvalue weighted by Crippen LogP contribution is 2.35. The Bertz CT molecular complexity index is 429. The molecular weight excluding hydrogens is 266 g/mol. The number of piperidine rings is 1. The van der Waals surface area contributed by atoms with Gasteiger partial charge in [-0.1, -0.05) is 6.42 Å². The van der Waals surface area contributed by atoms with Crippen LogP contribution in [0.3, 0.4) is 0 Å². The van der Waals surface area contributed by atoms with Crippen molar-refractivity contribution >= 4 is 11.3 Å². The first kappa shape index (κ1) is 14.5. The Morgan fingerprint density at radius 2 is 2.05 bits per heavy atom. The van der Waals surface area contributed by atoms with Crippen molar-refractivity contribution in [3.63, 3.8) is 0 Å². The van der Waals surface area contributed by atoms with Crippen LogP contribution in [-0.2, 0) is 6.54 Å². The zero-order valence-corrected chi connectivity index (χ0v) is 13.7. The number of likely N-dealkylation sites (tertiary alicyclic amines) is 1. The number of aromatic nitrogens is 1. The monoisotopic (exact) mass is 293 g/mol. The lowest BCUT2D eigenvalue weighted by Gasteiger charge is -2.49. The van der Waals surface area contributed by atoms with Crippen LogP contribution in [0.4, 0.5) is 0 Å². The zero-order valence-electron chi connectivity index (χ0n) is 12.9. The van der Waals surface area contributed by atoms with Crippen LogP contribution in [0.2, 0.25) is 0 Å². The van der Waals surface area contributed by atoms with Crippen LogP contribution in [0.5, 0.6) is 0 Å². The molecule has 1 aliphatic heterocycles. The van der Waals surface area contributed by atoms with Crippen molar-refractivity contribution in [2.24, 2.45) is 11.8 Å². The average molecular weight is 293 g/mol. The molecule has 3 rings (SSSR count). The minimum Gasteiger partial charge on any atom is -0.307 e. The highest BCUT2D eigenvalue weighted by Gasteiger charge is 2.39. The topological polar surface area (TPSA) is 28.2 Å². The van der Waals surface area contributed by atoms with E-state index in [0.29, 0.717) is 12.1 Å². The van der Waals surface area contributed by atoms with E-state index in [2.05, 4.69) is 41.4 Å². The van der Waals surface area contributed by atoms with Gasteiger partial charge in [0.1, 0.15) is 5.01 Å². The summed E-state index contributed by atoms with van der Waals surface area (Å²) in [4.78, 5) is 7.26.